The Hall–Kier alpha value is -1.15. The van der Waals surface area contributed by atoms with Crippen molar-refractivity contribution in [3.8, 4) is 0 Å². The summed E-state index contributed by atoms with van der Waals surface area (Å²) >= 11 is 0. The maximum atomic E-state index is 12.9. The summed E-state index contributed by atoms with van der Waals surface area (Å²) in [5, 5.41) is 50.5. The van der Waals surface area contributed by atoms with Crippen LogP contribution in [0.3, 0.4) is 0 Å². The zero-order chi connectivity index (χ0) is 56.3. The number of rotatable bonds is 58. The number of unbranched alkanes of at least 4 members (excludes halogenated alkanes) is 46. The number of hydrogen-bond donors (Lipinski definition) is 6. The number of phosphoric acid groups is 1. The highest BCUT2D eigenvalue weighted by molar-refractivity contribution is 7.47. The van der Waals surface area contributed by atoms with Crippen LogP contribution in [0.25, 0.3) is 0 Å². The Labute approximate surface area is 471 Å². The molecule has 1 aliphatic carbocycles. The molecule has 0 aromatic carbocycles. The molecule has 14 heteroatoms. The van der Waals surface area contributed by atoms with Gasteiger partial charge in [0.1, 0.15) is 43.2 Å². The lowest BCUT2D eigenvalue weighted by Crippen LogP contribution is -2.64. The van der Waals surface area contributed by atoms with E-state index in [1.54, 1.807) is 0 Å². The van der Waals surface area contributed by atoms with Crippen molar-refractivity contribution in [2.24, 2.45) is 0 Å². The molecule has 0 amide bonds. The largest absolute Gasteiger partial charge is 0.472 e. The van der Waals surface area contributed by atoms with Gasteiger partial charge in [0.25, 0.3) is 0 Å². The first-order valence-electron chi connectivity index (χ1n) is 32.8. The molecule has 0 aliphatic heterocycles. The molecule has 1 aliphatic rings. The van der Waals surface area contributed by atoms with Crippen molar-refractivity contribution in [1.82, 2.24) is 0 Å². The maximum absolute atomic E-state index is 12.9. The van der Waals surface area contributed by atoms with Gasteiger partial charge in [-0.15, -0.1) is 0 Å². The first kappa shape index (κ1) is 73.9. The van der Waals surface area contributed by atoms with Crippen molar-refractivity contribution in [2.75, 3.05) is 13.2 Å². The SMILES string of the molecule is CCCCCCCCCCCCCCCCCCCCCCCCCCC(=O)OCC(COP(=O)(O)OC1C(O)C(O)C(O)C(O)C1O)OC(=O)CCCCCCCCCCCCCCCCCCCCCCCCCC. The van der Waals surface area contributed by atoms with Crippen LogP contribution in [0.1, 0.15) is 335 Å². The third kappa shape index (κ3) is 44.2. The van der Waals surface area contributed by atoms with Gasteiger partial charge in [0, 0.05) is 12.8 Å². The monoisotopic (exact) mass is 1120 g/mol. The quantitative estimate of drug-likeness (QED) is 0.0190. The van der Waals surface area contributed by atoms with Crippen LogP contribution in [0, 0.1) is 0 Å². The van der Waals surface area contributed by atoms with Crippen molar-refractivity contribution in [1.29, 1.82) is 0 Å². The molecule has 1 fully saturated rings. The van der Waals surface area contributed by atoms with Gasteiger partial charge >= 0.3 is 19.8 Å². The molecule has 13 nitrogen and oxygen atoms in total. The fourth-order valence-corrected chi connectivity index (χ4v) is 11.7. The summed E-state index contributed by atoms with van der Waals surface area (Å²) in [7, 11) is -5.12. The maximum Gasteiger partial charge on any atom is 0.472 e. The molecule has 6 N–H and O–H groups in total. The summed E-state index contributed by atoms with van der Waals surface area (Å²) in [6, 6.07) is 0. The minimum Gasteiger partial charge on any atom is -0.462 e. The van der Waals surface area contributed by atoms with Gasteiger partial charge in [-0.3, -0.25) is 18.6 Å². The number of hydrogen-bond acceptors (Lipinski definition) is 12. The van der Waals surface area contributed by atoms with Crippen molar-refractivity contribution in [3.05, 3.63) is 0 Å². The average molecular weight is 1120 g/mol. The van der Waals surface area contributed by atoms with E-state index in [2.05, 4.69) is 13.8 Å². The van der Waals surface area contributed by atoms with Crippen LogP contribution < -0.4 is 0 Å². The fourth-order valence-electron chi connectivity index (χ4n) is 10.8. The summed E-state index contributed by atoms with van der Waals surface area (Å²) in [6.45, 7) is 3.40. The number of carbonyl (C=O) groups excluding carboxylic acids is 2. The number of aliphatic hydroxyl groups excluding tert-OH is 5. The van der Waals surface area contributed by atoms with E-state index in [1.807, 2.05) is 0 Å². The smallest absolute Gasteiger partial charge is 0.462 e. The molecule has 458 valence electrons. The first-order chi connectivity index (χ1) is 37.4. The predicted octanol–water partition coefficient (Wildman–Crippen LogP) is 16.3. The number of esters is 2. The Kier molecular flexibility index (Phi) is 50.7. The minimum atomic E-state index is -5.12. The van der Waals surface area contributed by atoms with Crippen LogP contribution in [-0.4, -0.2) is 98.3 Å². The van der Waals surface area contributed by atoms with Crippen LogP contribution in [0.2, 0.25) is 0 Å². The molecule has 0 saturated heterocycles. The second-order valence-electron chi connectivity index (χ2n) is 23.3. The molecule has 6 unspecified atom stereocenters. The predicted molar refractivity (Wildman–Crippen MR) is 314 cm³/mol. The summed E-state index contributed by atoms with van der Waals surface area (Å²) in [5.74, 6) is -1.07. The Bertz CT molecular complexity index is 1340. The summed E-state index contributed by atoms with van der Waals surface area (Å²) in [4.78, 5) is 36.1. The van der Waals surface area contributed by atoms with Crippen LogP contribution >= 0.6 is 7.82 Å². The number of carbonyl (C=O) groups is 2. The number of ether oxygens (including phenoxy) is 2. The van der Waals surface area contributed by atoms with Gasteiger partial charge in [-0.25, -0.2) is 4.57 Å². The third-order valence-corrected chi connectivity index (χ3v) is 16.9. The highest BCUT2D eigenvalue weighted by atomic mass is 31.2. The van der Waals surface area contributed by atoms with Crippen molar-refractivity contribution < 1.29 is 63.1 Å². The van der Waals surface area contributed by atoms with E-state index in [9.17, 15) is 44.6 Å². The molecule has 77 heavy (non-hydrogen) atoms. The van der Waals surface area contributed by atoms with E-state index in [0.29, 0.717) is 12.8 Å². The molecule has 1 rings (SSSR count). The Morgan fingerprint density at radius 1 is 0.351 bits per heavy atom. The van der Waals surface area contributed by atoms with Crippen molar-refractivity contribution in [3.63, 3.8) is 0 Å². The standard InChI is InChI=1S/C63H123O13P/c1-3-5-7-9-11-13-15-17-19-21-23-25-27-29-31-33-35-37-39-41-43-45-47-49-51-56(64)73-53-55(54-74-77(71,72)76-63-61(69)59(67)58(66)60(68)62(63)70)75-57(65)52-50-48-46-44-42-40-38-36-34-32-30-28-26-24-22-20-18-16-14-12-10-8-6-4-2/h55,58-63,66-70H,3-54H2,1-2H3,(H,71,72). The van der Waals surface area contributed by atoms with Gasteiger partial charge in [0.2, 0.25) is 0 Å². The second kappa shape index (κ2) is 52.9. The summed E-state index contributed by atoms with van der Waals surface area (Å²) in [6.07, 6.45) is 48.8. The van der Waals surface area contributed by atoms with E-state index in [-0.39, 0.29) is 12.8 Å². The first-order valence-corrected chi connectivity index (χ1v) is 34.3. The van der Waals surface area contributed by atoms with Crippen LogP contribution in [0.5, 0.6) is 0 Å². The summed E-state index contributed by atoms with van der Waals surface area (Å²) in [5.41, 5.74) is 0. The van der Waals surface area contributed by atoms with Crippen molar-refractivity contribution in [2.45, 2.75) is 378 Å². The Morgan fingerprint density at radius 3 is 0.857 bits per heavy atom. The van der Waals surface area contributed by atoms with Crippen LogP contribution in [-0.2, 0) is 32.7 Å². The Morgan fingerprint density at radius 2 is 0.584 bits per heavy atom. The third-order valence-electron chi connectivity index (χ3n) is 15.9. The van der Waals surface area contributed by atoms with Gasteiger partial charge in [-0.2, -0.15) is 0 Å². The van der Waals surface area contributed by atoms with Gasteiger partial charge in [0.15, 0.2) is 6.10 Å². The van der Waals surface area contributed by atoms with E-state index < -0.39 is 75.7 Å². The molecular weight excluding hydrogens is 996 g/mol. The number of phosphoric ester groups is 1. The molecule has 0 aromatic heterocycles. The minimum absolute atomic E-state index is 0.106. The average Bonchev–Trinajstić information content (AvgIpc) is 3.41. The highest BCUT2D eigenvalue weighted by Crippen LogP contribution is 2.47. The molecule has 0 heterocycles. The van der Waals surface area contributed by atoms with Gasteiger partial charge < -0.3 is 39.9 Å². The molecule has 0 spiro atoms. The molecule has 0 radical (unpaired) electrons. The fraction of sp³-hybridized carbons (Fsp3) is 0.968. The second-order valence-corrected chi connectivity index (χ2v) is 24.8. The lowest BCUT2D eigenvalue weighted by Gasteiger charge is -2.41. The van der Waals surface area contributed by atoms with E-state index in [0.717, 1.165) is 38.5 Å². The van der Waals surface area contributed by atoms with Gasteiger partial charge in [0.05, 0.1) is 6.61 Å². The molecular formula is C63H123O13P. The van der Waals surface area contributed by atoms with Crippen LogP contribution in [0.4, 0.5) is 0 Å². The zero-order valence-electron chi connectivity index (χ0n) is 49.8. The molecule has 1 saturated carbocycles. The molecule has 0 bridgehead atoms. The lowest BCUT2D eigenvalue weighted by molar-refractivity contribution is -0.220. The highest BCUT2D eigenvalue weighted by Gasteiger charge is 2.51. The Balaban J connectivity index is 2.24. The van der Waals surface area contributed by atoms with Gasteiger partial charge in [-0.05, 0) is 12.8 Å². The van der Waals surface area contributed by atoms with Crippen molar-refractivity contribution >= 4 is 19.8 Å². The number of aliphatic hydroxyl groups is 5. The lowest BCUT2D eigenvalue weighted by atomic mass is 9.85. The summed E-state index contributed by atoms with van der Waals surface area (Å²) < 4.78 is 33.9. The van der Waals surface area contributed by atoms with E-state index >= 15 is 0 Å². The zero-order valence-corrected chi connectivity index (χ0v) is 50.7. The van der Waals surface area contributed by atoms with E-state index in [1.165, 1.54) is 257 Å². The normalized spacial score (nSPS) is 19.8. The van der Waals surface area contributed by atoms with E-state index in [4.69, 9.17) is 18.5 Å². The molecule has 6 atom stereocenters. The van der Waals surface area contributed by atoms with Gasteiger partial charge in [-0.1, -0.05) is 309 Å². The van der Waals surface area contributed by atoms with Crippen LogP contribution in [0.15, 0.2) is 0 Å². The topological polar surface area (TPSA) is 210 Å². The molecule has 0 aromatic rings.